The molecule has 1 fully saturated rings. The van der Waals surface area contributed by atoms with Gasteiger partial charge in [-0.1, -0.05) is 19.8 Å². The van der Waals surface area contributed by atoms with E-state index in [0.29, 0.717) is 19.4 Å². The van der Waals surface area contributed by atoms with Crippen molar-refractivity contribution < 1.29 is 8.42 Å². The summed E-state index contributed by atoms with van der Waals surface area (Å²) >= 11 is 0. The summed E-state index contributed by atoms with van der Waals surface area (Å²) in [4.78, 5) is 0. The van der Waals surface area contributed by atoms with E-state index in [2.05, 4.69) is 0 Å². The Bertz CT molecular complexity index is 361. The van der Waals surface area contributed by atoms with Crippen LogP contribution in [0.15, 0.2) is 0 Å². The van der Waals surface area contributed by atoms with E-state index in [1.807, 2.05) is 6.07 Å². The second-order valence-electron chi connectivity index (χ2n) is 4.10. The molecule has 0 bridgehead atoms. The van der Waals surface area contributed by atoms with Crippen LogP contribution in [-0.2, 0) is 10.0 Å². The van der Waals surface area contributed by atoms with E-state index >= 15 is 0 Å². The number of rotatable bonds is 3. The summed E-state index contributed by atoms with van der Waals surface area (Å²) in [6, 6.07) is 1.85. The third kappa shape index (κ3) is 2.73. The highest BCUT2D eigenvalue weighted by atomic mass is 32.2. The fraction of sp³-hybridized carbons (Fsp3) is 0.900. The van der Waals surface area contributed by atoms with E-state index in [1.165, 1.54) is 4.31 Å². The first kappa shape index (κ1) is 13.4. The zero-order valence-electron chi connectivity index (χ0n) is 9.59. The van der Waals surface area contributed by atoms with Crippen LogP contribution in [0.1, 0.15) is 39.0 Å². The van der Waals surface area contributed by atoms with E-state index in [9.17, 15) is 8.42 Å². The minimum atomic E-state index is -3.55. The first-order valence-corrected chi connectivity index (χ1v) is 7.20. The summed E-state index contributed by atoms with van der Waals surface area (Å²) in [5.41, 5.74) is 5.85. The summed E-state index contributed by atoms with van der Waals surface area (Å²) < 4.78 is 25.6. The highest BCUT2D eigenvalue weighted by molar-refractivity contribution is 7.90. The van der Waals surface area contributed by atoms with Gasteiger partial charge in [0.25, 0.3) is 0 Å². The lowest BCUT2D eigenvalue weighted by molar-refractivity contribution is 0.327. The average Bonchev–Trinajstić information content (AvgIpc) is 2.44. The zero-order chi connectivity index (χ0) is 12.2. The number of nitrogens with zero attached hydrogens (tertiary/aromatic N) is 2. The Kier molecular flexibility index (Phi) is 4.71. The molecule has 0 radical (unpaired) electrons. The van der Waals surface area contributed by atoms with E-state index in [1.54, 1.807) is 6.92 Å². The van der Waals surface area contributed by atoms with Crippen LogP contribution in [0, 0.1) is 11.3 Å². The van der Waals surface area contributed by atoms with Gasteiger partial charge in [0.15, 0.2) is 5.25 Å². The number of hydrogen-bond donors (Lipinski definition) is 1. The van der Waals surface area contributed by atoms with Gasteiger partial charge in [-0.05, 0) is 19.3 Å². The van der Waals surface area contributed by atoms with Crippen LogP contribution in [0.25, 0.3) is 0 Å². The van der Waals surface area contributed by atoms with Crippen molar-refractivity contribution >= 4 is 10.0 Å². The van der Waals surface area contributed by atoms with Crippen LogP contribution in [0.3, 0.4) is 0 Å². The molecule has 1 saturated heterocycles. The fourth-order valence-electron chi connectivity index (χ4n) is 1.96. The first-order chi connectivity index (χ1) is 7.54. The van der Waals surface area contributed by atoms with Crippen LogP contribution in [0.5, 0.6) is 0 Å². The van der Waals surface area contributed by atoms with Crippen molar-refractivity contribution in [2.75, 3.05) is 6.54 Å². The Morgan fingerprint density at radius 1 is 1.50 bits per heavy atom. The predicted octanol–water partition coefficient (Wildman–Crippen LogP) is 0.779. The number of nitrogens with two attached hydrogens (primary N) is 1. The molecule has 0 aromatic rings. The lowest BCUT2D eigenvalue weighted by Gasteiger charge is -2.27. The topological polar surface area (TPSA) is 87.2 Å². The van der Waals surface area contributed by atoms with Crippen LogP contribution in [0.4, 0.5) is 0 Å². The predicted molar refractivity (Wildman–Crippen MR) is 61.8 cm³/mol. The highest BCUT2D eigenvalue weighted by Crippen LogP contribution is 2.20. The van der Waals surface area contributed by atoms with Gasteiger partial charge in [-0.25, -0.2) is 8.42 Å². The maximum Gasteiger partial charge on any atom is 0.231 e. The molecule has 6 heteroatoms. The molecular weight excluding hydrogens is 226 g/mol. The Morgan fingerprint density at radius 2 is 2.19 bits per heavy atom. The molecule has 2 unspecified atom stereocenters. The van der Waals surface area contributed by atoms with Crippen LogP contribution in [-0.4, -0.2) is 30.7 Å². The molecule has 0 spiro atoms. The van der Waals surface area contributed by atoms with Crippen molar-refractivity contribution in [3.63, 3.8) is 0 Å². The SMILES string of the molecule is CCC(C#N)S(=O)(=O)N1CCCCCC1N. The second kappa shape index (κ2) is 5.62. The third-order valence-corrected chi connectivity index (χ3v) is 5.21. The van der Waals surface area contributed by atoms with Crippen LogP contribution in [0.2, 0.25) is 0 Å². The van der Waals surface area contributed by atoms with Gasteiger partial charge in [0.2, 0.25) is 10.0 Å². The van der Waals surface area contributed by atoms with Gasteiger partial charge < -0.3 is 5.73 Å². The van der Waals surface area contributed by atoms with E-state index in [4.69, 9.17) is 11.0 Å². The quantitative estimate of drug-likeness (QED) is 0.796. The van der Waals surface area contributed by atoms with Crippen molar-refractivity contribution in [3.05, 3.63) is 0 Å². The largest absolute Gasteiger partial charge is 0.315 e. The van der Waals surface area contributed by atoms with E-state index in [0.717, 1.165) is 19.3 Å². The molecule has 5 nitrogen and oxygen atoms in total. The van der Waals surface area contributed by atoms with Crippen molar-refractivity contribution in [1.82, 2.24) is 4.31 Å². The molecule has 16 heavy (non-hydrogen) atoms. The lowest BCUT2D eigenvalue weighted by Crippen LogP contribution is -2.48. The van der Waals surface area contributed by atoms with Crippen LogP contribution >= 0.6 is 0 Å². The maximum atomic E-state index is 12.1. The molecule has 1 aliphatic rings. The summed E-state index contributed by atoms with van der Waals surface area (Å²) in [5.74, 6) is 0. The highest BCUT2D eigenvalue weighted by Gasteiger charge is 2.34. The molecule has 2 atom stereocenters. The molecule has 0 amide bonds. The van der Waals surface area contributed by atoms with E-state index in [-0.39, 0.29) is 0 Å². The summed E-state index contributed by atoms with van der Waals surface area (Å²) in [5, 5.41) is 7.89. The van der Waals surface area contributed by atoms with E-state index < -0.39 is 21.4 Å². The molecule has 0 aliphatic carbocycles. The fourth-order valence-corrected chi connectivity index (χ4v) is 3.70. The number of sulfonamides is 1. The maximum absolute atomic E-state index is 12.1. The monoisotopic (exact) mass is 245 g/mol. The Morgan fingerprint density at radius 3 is 2.75 bits per heavy atom. The minimum absolute atomic E-state index is 0.308. The Balaban J connectivity index is 2.92. The molecule has 92 valence electrons. The molecule has 1 heterocycles. The number of hydrogen-bond acceptors (Lipinski definition) is 4. The van der Waals surface area contributed by atoms with Gasteiger partial charge in [-0.2, -0.15) is 9.57 Å². The van der Waals surface area contributed by atoms with Gasteiger partial charge in [-0.15, -0.1) is 0 Å². The van der Waals surface area contributed by atoms with Crippen molar-refractivity contribution in [2.24, 2.45) is 5.73 Å². The van der Waals surface area contributed by atoms with Gasteiger partial charge in [0.1, 0.15) is 0 Å². The van der Waals surface area contributed by atoms with Crippen molar-refractivity contribution in [1.29, 1.82) is 5.26 Å². The summed E-state index contributed by atoms with van der Waals surface area (Å²) in [6.07, 6.45) is 3.31. The summed E-state index contributed by atoms with van der Waals surface area (Å²) in [6.45, 7) is 2.15. The molecule has 0 aromatic heterocycles. The zero-order valence-corrected chi connectivity index (χ0v) is 10.4. The molecular formula is C10H19N3O2S. The molecule has 2 N–H and O–H groups in total. The van der Waals surface area contributed by atoms with Crippen molar-refractivity contribution in [2.45, 2.75) is 50.4 Å². The first-order valence-electron chi connectivity index (χ1n) is 5.70. The second-order valence-corrected chi connectivity index (χ2v) is 6.17. The molecule has 1 rings (SSSR count). The Labute approximate surface area is 97.3 Å². The smallest absolute Gasteiger partial charge is 0.231 e. The minimum Gasteiger partial charge on any atom is -0.315 e. The Hall–Kier alpha value is -0.640. The van der Waals surface area contributed by atoms with Gasteiger partial charge >= 0.3 is 0 Å². The van der Waals surface area contributed by atoms with Gasteiger partial charge in [-0.3, -0.25) is 0 Å². The van der Waals surface area contributed by atoms with Gasteiger partial charge in [0, 0.05) is 6.54 Å². The number of nitriles is 1. The summed E-state index contributed by atoms with van der Waals surface area (Å²) in [7, 11) is -3.55. The van der Waals surface area contributed by atoms with Crippen molar-refractivity contribution in [3.8, 4) is 6.07 Å². The van der Waals surface area contributed by atoms with Gasteiger partial charge in [0.05, 0.1) is 12.2 Å². The van der Waals surface area contributed by atoms with Crippen LogP contribution < -0.4 is 5.73 Å². The molecule has 0 aromatic carbocycles. The molecule has 0 saturated carbocycles. The lowest BCUT2D eigenvalue weighted by atomic mass is 10.2. The third-order valence-electron chi connectivity index (χ3n) is 2.95. The standard InChI is InChI=1S/C10H19N3O2S/c1-2-9(8-11)16(14,15)13-7-5-3-4-6-10(13)12/h9-10H,2-7,12H2,1H3. The normalized spacial score (nSPS) is 25.7. The molecule has 1 aliphatic heterocycles. The average molecular weight is 245 g/mol.